The molecule has 0 aliphatic carbocycles. The molecule has 0 saturated carbocycles. The van der Waals surface area contributed by atoms with E-state index in [0.717, 1.165) is 16.1 Å². The molecule has 0 saturated heterocycles. The molecule has 0 spiro atoms. The Labute approximate surface area is 97.7 Å². The standard InChI is InChI=1S/C12H10N2OS/c15-14-8-4-3-6-10(14)12-13-9-5-1-2-7-11(9)16-12/h1-8,12-13H. The van der Waals surface area contributed by atoms with Crippen molar-refractivity contribution in [3.8, 4) is 0 Å². The Balaban J connectivity index is 1.95. The number of thioether (sulfide) groups is 1. The molecule has 80 valence electrons. The minimum absolute atomic E-state index is 0.0103. The van der Waals surface area contributed by atoms with E-state index in [2.05, 4.69) is 11.4 Å². The summed E-state index contributed by atoms with van der Waals surface area (Å²) in [6, 6.07) is 13.6. The van der Waals surface area contributed by atoms with Crippen molar-refractivity contribution >= 4 is 17.4 Å². The van der Waals surface area contributed by atoms with Gasteiger partial charge in [-0.25, -0.2) is 0 Å². The lowest BCUT2D eigenvalue weighted by atomic mass is 10.3. The van der Waals surface area contributed by atoms with Crippen molar-refractivity contribution in [1.29, 1.82) is 0 Å². The van der Waals surface area contributed by atoms with Crippen LogP contribution in [0.1, 0.15) is 11.1 Å². The van der Waals surface area contributed by atoms with E-state index in [4.69, 9.17) is 0 Å². The number of hydrogen-bond donors (Lipinski definition) is 1. The van der Waals surface area contributed by atoms with Crippen LogP contribution in [0.25, 0.3) is 0 Å². The summed E-state index contributed by atoms with van der Waals surface area (Å²) in [7, 11) is 0. The number of benzene rings is 1. The number of para-hydroxylation sites is 1. The maximum atomic E-state index is 11.6. The average molecular weight is 230 g/mol. The van der Waals surface area contributed by atoms with Crippen LogP contribution in [0.15, 0.2) is 53.6 Å². The predicted octanol–water partition coefficient (Wildman–Crippen LogP) is 2.54. The zero-order valence-corrected chi connectivity index (χ0v) is 9.28. The lowest BCUT2D eigenvalue weighted by Gasteiger charge is -2.09. The number of hydrogen-bond acceptors (Lipinski definition) is 3. The fourth-order valence-corrected chi connectivity index (χ4v) is 2.92. The van der Waals surface area contributed by atoms with E-state index in [0.29, 0.717) is 0 Å². The van der Waals surface area contributed by atoms with E-state index in [1.165, 1.54) is 11.1 Å². The fourth-order valence-electron chi connectivity index (χ4n) is 1.77. The molecular weight excluding hydrogens is 220 g/mol. The number of pyridine rings is 1. The molecule has 4 heteroatoms. The van der Waals surface area contributed by atoms with Crippen LogP contribution in [-0.4, -0.2) is 0 Å². The molecule has 0 amide bonds. The first-order valence-electron chi connectivity index (χ1n) is 5.05. The highest BCUT2D eigenvalue weighted by molar-refractivity contribution is 8.00. The van der Waals surface area contributed by atoms with E-state index in [-0.39, 0.29) is 5.37 Å². The topological polar surface area (TPSA) is 39.0 Å². The quantitative estimate of drug-likeness (QED) is 0.604. The molecule has 0 fully saturated rings. The van der Waals surface area contributed by atoms with E-state index < -0.39 is 0 Å². The molecule has 1 N–H and O–H groups in total. The maximum absolute atomic E-state index is 11.6. The molecule has 1 aromatic heterocycles. The van der Waals surface area contributed by atoms with Gasteiger partial charge in [0.2, 0.25) is 5.69 Å². The monoisotopic (exact) mass is 230 g/mol. The molecule has 0 bridgehead atoms. The van der Waals surface area contributed by atoms with Gasteiger partial charge in [0.1, 0.15) is 0 Å². The van der Waals surface area contributed by atoms with Gasteiger partial charge in [-0.1, -0.05) is 23.9 Å². The summed E-state index contributed by atoms with van der Waals surface area (Å²) >= 11 is 1.67. The SMILES string of the molecule is [O-][n+]1ccccc1C1Nc2ccccc2S1. The number of anilines is 1. The summed E-state index contributed by atoms with van der Waals surface area (Å²) < 4.78 is 0.913. The summed E-state index contributed by atoms with van der Waals surface area (Å²) in [5, 5.41) is 15.0. The van der Waals surface area contributed by atoms with E-state index in [1.54, 1.807) is 17.8 Å². The molecule has 1 atom stereocenters. The van der Waals surface area contributed by atoms with E-state index in [1.807, 2.05) is 30.3 Å². The predicted molar refractivity (Wildman–Crippen MR) is 64.1 cm³/mol. The van der Waals surface area contributed by atoms with Gasteiger partial charge in [-0.05, 0) is 18.2 Å². The van der Waals surface area contributed by atoms with Crippen molar-refractivity contribution < 1.29 is 4.73 Å². The van der Waals surface area contributed by atoms with E-state index in [9.17, 15) is 5.21 Å². The molecule has 16 heavy (non-hydrogen) atoms. The average Bonchev–Trinajstić information content (AvgIpc) is 2.73. The number of rotatable bonds is 1. The first kappa shape index (κ1) is 9.54. The summed E-state index contributed by atoms with van der Waals surface area (Å²) in [4.78, 5) is 1.19. The lowest BCUT2D eigenvalue weighted by molar-refractivity contribution is -0.613. The van der Waals surface area contributed by atoms with Gasteiger partial charge in [-0.2, -0.15) is 4.73 Å². The highest BCUT2D eigenvalue weighted by Crippen LogP contribution is 2.45. The molecule has 1 unspecified atom stereocenters. The summed E-state index contributed by atoms with van der Waals surface area (Å²) in [6.45, 7) is 0. The number of nitrogens with one attached hydrogen (secondary N) is 1. The third-order valence-electron chi connectivity index (χ3n) is 2.54. The lowest BCUT2D eigenvalue weighted by Crippen LogP contribution is -2.33. The second-order valence-corrected chi connectivity index (χ2v) is 4.74. The number of nitrogens with zero attached hydrogens (tertiary/aromatic N) is 1. The Morgan fingerprint density at radius 1 is 1.12 bits per heavy atom. The number of aromatic nitrogens is 1. The Morgan fingerprint density at radius 3 is 2.75 bits per heavy atom. The molecule has 1 aliphatic rings. The van der Waals surface area contributed by atoms with Crippen LogP contribution in [0.3, 0.4) is 0 Å². The molecule has 2 aromatic rings. The van der Waals surface area contributed by atoms with E-state index >= 15 is 0 Å². The second kappa shape index (κ2) is 3.72. The van der Waals surface area contributed by atoms with Gasteiger partial charge in [-0.15, -0.1) is 0 Å². The Hall–Kier alpha value is -1.68. The van der Waals surface area contributed by atoms with Crippen LogP contribution in [0, 0.1) is 5.21 Å². The van der Waals surface area contributed by atoms with Crippen molar-refractivity contribution in [1.82, 2.24) is 0 Å². The molecule has 2 heterocycles. The first-order chi connectivity index (χ1) is 7.84. The molecule has 1 aromatic carbocycles. The van der Waals surface area contributed by atoms with Crippen molar-refractivity contribution in [2.75, 3.05) is 5.32 Å². The van der Waals surface area contributed by atoms with Crippen molar-refractivity contribution in [3.63, 3.8) is 0 Å². The third-order valence-corrected chi connectivity index (χ3v) is 3.75. The van der Waals surface area contributed by atoms with Gasteiger partial charge in [0.05, 0.1) is 0 Å². The third kappa shape index (κ3) is 1.51. The van der Waals surface area contributed by atoms with Gasteiger partial charge in [-0.3, -0.25) is 0 Å². The fraction of sp³-hybridized carbons (Fsp3) is 0.0833. The zero-order chi connectivity index (χ0) is 11.0. The highest BCUT2D eigenvalue weighted by Gasteiger charge is 2.27. The Bertz CT molecular complexity index is 505. The van der Waals surface area contributed by atoms with Gasteiger partial charge < -0.3 is 10.5 Å². The smallest absolute Gasteiger partial charge is 0.225 e. The Kier molecular flexibility index (Phi) is 2.22. The molecular formula is C12H10N2OS. The molecule has 0 radical (unpaired) electrons. The molecule has 3 nitrogen and oxygen atoms in total. The van der Waals surface area contributed by atoms with Crippen LogP contribution < -0.4 is 10.0 Å². The van der Waals surface area contributed by atoms with Crippen molar-refractivity contribution in [2.45, 2.75) is 10.3 Å². The van der Waals surface area contributed by atoms with Crippen molar-refractivity contribution in [3.05, 3.63) is 59.6 Å². The van der Waals surface area contributed by atoms with Crippen molar-refractivity contribution in [2.24, 2.45) is 0 Å². The van der Waals surface area contributed by atoms with Crippen LogP contribution in [0.2, 0.25) is 0 Å². The zero-order valence-electron chi connectivity index (χ0n) is 8.46. The first-order valence-corrected chi connectivity index (χ1v) is 5.93. The summed E-state index contributed by atoms with van der Waals surface area (Å²) in [5.41, 5.74) is 1.84. The Morgan fingerprint density at radius 2 is 1.94 bits per heavy atom. The number of fused-ring (bicyclic) bond motifs is 1. The van der Waals surface area contributed by atoms with Gasteiger partial charge in [0.15, 0.2) is 11.6 Å². The van der Waals surface area contributed by atoms with Gasteiger partial charge >= 0.3 is 0 Å². The highest BCUT2D eigenvalue weighted by atomic mass is 32.2. The molecule has 3 rings (SSSR count). The second-order valence-electron chi connectivity index (χ2n) is 3.59. The minimum Gasteiger partial charge on any atom is -0.618 e. The summed E-state index contributed by atoms with van der Waals surface area (Å²) in [5.74, 6) is 0. The van der Waals surface area contributed by atoms with Gasteiger partial charge in [0, 0.05) is 22.7 Å². The largest absolute Gasteiger partial charge is 0.618 e. The maximum Gasteiger partial charge on any atom is 0.225 e. The van der Waals surface area contributed by atoms with Crippen LogP contribution >= 0.6 is 11.8 Å². The van der Waals surface area contributed by atoms with Crippen LogP contribution in [-0.2, 0) is 0 Å². The summed E-state index contributed by atoms with van der Waals surface area (Å²) in [6.07, 6.45) is 1.53. The molecule has 1 aliphatic heterocycles. The van der Waals surface area contributed by atoms with Crippen LogP contribution in [0.4, 0.5) is 5.69 Å². The normalized spacial score (nSPS) is 17.9. The van der Waals surface area contributed by atoms with Gasteiger partial charge in [0.25, 0.3) is 0 Å². The minimum atomic E-state index is 0.0103. The van der Waals surface area contributed by atoms with Crippen LogP contribution in [0.5, 0.6) is 0 Å².